The average molecular weight is 705 g/mol. The number of methoxy groups -OCH3 is 1. The summed E-state index contributed by atoms with van der Waals surface area (Å²) in [7, 11) is 1.61. The molecule has 3 aliphatic rings. The van der Waals surface area contributed by atoms with Crippen molar-refractivity contribution in [2.24, 2.45) is 5.92 Å². The summed E-state index contributed by atoms with van der Waals surface area (Å²) in [6.07, 6.45) is 0.762. The lowest BCUT2D eigenvalue weighted by Crippen LogP contribution is -2.52. The number of aromatic amines is 1. The summed E-state index contributed by atoms with van der Waals surface area (Å²) in [5, 5.41) is 28.1. The monoisotopic (exact) mass is 704 g/mol. The van der Waals surface area contributed by atoms with Gasteiger partial charge in [0.1, 0.15) is 30.0 Å². The van der Waals surface area contributed by atoms with Crippen molar-refractivity contribution < 1.29 is 29.2 Å². The lowest BCUT2D eigenvalue weighted by molar-refractivity contribution is -0.0336. The Morgan fingerprint density at radius 2 is 1.77 bits per heavy atom. The lowest BCUT2D eigenvalue weighted by atomic mass is 9.86. The van der Waals surface area contributed by atoms with Gasteiger partial charge >= 0.3 is 6.09 Å². The molecule has 2 bridgehead atoms. The molecule has 3 saturated heterocycles. The van der Waals surface area contributed by atoms with Gasteiger partial charge in [0.15, 0.2) is 0 Å². The van der Waals surface area contributed by atoms with E-state index in [0.717, 1.165) is 54.7 Å². The maximum absolute atomic E-state index is 13.2. The Hall–Kier alpha value is -5.36. The number of phenolic OH excluding ortho intramolecular Hbond substituents is 1. The number of nitrogens with zero attached hydrogens (tertiary/aromatic N) is 1. The molecular formula is C41H44N4O7. The van der Waals surface area contributed by atoms with Crippen LogP contribution in [-0.4, -0.2) is 65.6 Å². The molecule has 3 fully saturated rings. The molecule has 0 saturated carbocycles. The van der Waals surface area contributed by atoms with E-state index in [4.69, 9.17) is 14.2 Å². The molecule has 8 rings (SSSR count). The second-order valence-electron chi connectivity index (χ2n) is 13.5. The van der Waals surface area contributed by atoms with Crippen LogP contribution in [-0.2, 0) is 17.9 Å². The quantitative estimate of drug-likeness (QED) is 0.107. The summed E-state index contributed by atoms with van der Waals surface area (Å²) >= 11 is 0. The number of benzene rings is 4. The highest BCUT2D eigenvalue weighted by molar-refractivity contribution is 5.87. The van der Waals surface area contributed by atoms with Gasteiger partial charge in [-0.05, 0) is 84.4 Å². The molecule has 52 heavy (non-hydrogen) atoms. The minimum absolute atomic E-state index is 0.0526. The van der Waals surface area contributed by atoms with Gasteiger partial charge in [-0.2, -0.15) is 0 Å². The summed E-state index contributed by atoms with van der Waals surface area (Å²) in [6, 6.07) is 29.1. The standard InChI is InChI=1S/C41H44N4O7/c1-50-36-20-26(10-11-30(36)22-42-23-35(47)32-12-14-34(46)40-33(32)13-15-38(48)43-40)25-51-31-9-5-8-29(21-31)39(28-6-3-2-4-7-28)44-41(49)52-37-24-45-18-16-27(37)17-19-45/h2-15,20-21,27,35,37,39,42,46-47H,16-19,22-25H2,1H3,(H,43,48)(H,44,49)/t35-,37+,39-/m0/s1. The van der Waals surface area contributed by atoms with E-state index in [2.05, 4.69) is 20.5 Å². The lowest BCUT2D eigenvalue weighted by Gasteiger charge is -2.43. The van der Waals surface area contributed by atoms with Crippen molar-refractivity contribution in [2.45, 2.75) is 44.2 Å². The molecule has 270 valence electrons. The van der Waals surface area contributed by atoms with E-state index in [1.807, 2.05) is 72.8 Å². The van der Waals surface area contributed by atoms with Gasteiger partial charge in [0, 0.05) is 36.7 Å². The normalized spacial score (nSPS) is 19.2. The van der Waals surface area contributed by atoms with Crippen LogP contribution >= 0.6 is 0 Å². The first-order chi connectivity index (χ1) is 25.3. The first-order valence-electron chi connectivity index (χ1n) is 17.7. The fourth-order valence-electron chi connectivity index (χ4n) is 7.32. The first kappa shape index (κ1) is 35.1. The van der Waals surface area contributed by atoms with E-state index in [1.165, 1.54) is 12.1 Å². The summed E-state index contributed by atoms with van der Waals surface area (Å²) < 4.78 is 17.9. The molecule has 1 amide bonds. The Bertz CT molecular complexity index is 2060. The smallest absolute Gasteiger partial charge is 0.408 e. The van der Waals surface area contributed by atoms with Gasteiger partial charge in [0.2, 0.25) is 5.56 Å². The van der Waals surface area contributed by atoms with Crippen LogP contribution in [0.15, 0.2) is 102 Å². The number of piperidine rings is 3. The van der Waals surface area contributed by atoms with Gasteiger partial charge < -0.3 is 40.0 Å². The van der Waals surface area contributed by atoms with E-state index in [-0.39, 0.29) is 24.0 Å². The van der Waals surface area contributed by atoms with Gasteiger partial charge in [-0.1, -0.05) is 60.7 Å². The summed E-state index contributed by atoms with van der Waals surface area (Å²) in [5.74, 6) is 1.71. The molecule has 0 spiro atoms. The Balaban J connectivity index is 0.975. The number of aromatic nitrogens is 1. The third-order valence-electron chi connectivity index (χ3n) is 10.1. The number of alkyl carbamates (subject to hydrolysis) is 1. The second-order valence-corrected chi connectivity index (χ2v) is 13.5. The number of aliphatic hydroxyl groups excluding tert-OH is 1. The third-order valence-corrected chi connectivity index (χ3v) is 10.1. The van der Waals surface area contributed by atoms with Crippen molar-refractivity contribution in [1.82, 2.24) is 20.5 Å². The van der Waals surface area contributed by atoms with Crippen LogP contribution in [0.2, 0.25) is 0 Å². The van der Waals surface area contributed by atoms with Gasteiger partial charge in [0.25, 0.3) is 0 Å². The third kappa shape index (κ3) is 8.07. The van der Waals surface area contributed by atoms with E-state index >= 15 is 0 Å². The number of phenols is 1. The van der Waals surface area contributed by atoms with Crippen LogP contribution in [0.3, 0.4) is 0 Å². The van der Waals surface area contributed by atoms with Crippen LogP contribution < -0.4 is 25.7 Å². The van der Waals surface area contributed by atoms with E-state index in [0.29, 0.717) is 47.0 Å². The number of nitrogens with one attached hydrogen (secondary N) is 3. The molecule has 4 heterocycles. The minimum atomic E-state index is -0.879. The summed E-state index contributed by atoms with van der Waals surface area (Å²) in [4.78, 5) is 30.0. The summed E-state index contributed by atoms with van der Waals surface area (Å²) in [6.45, 7) is 3.93. The second kappa shape index (κ2) is 15.9. The number of H-pyrrole nitrogens is 1. The number of hydrogen-bond acceptors (Lipinski definition) is 9. The number of aromatic hydroxyl groups is 1. The Morgan fingerprint density at radius 1 is 0.962 bits per heavy atom. The maximum Gasteiger partial charge on any atom is 0.408 e. The largest absolute Gasteiger partial charge is 0.506 e. The SMILES string of the molecule is COc1cc(COc2cccc([C@@H](NC(=O)O[C@@H]3CN4CCC3CC4)c3ccccc3)c2)ccc1CNC[C@H](O)c1ccc(O)c2[nH]c(=O)ccc12. The first-order valence-corrected chi connectivity index (χ1v) is 17.7. The number of ether oxygens (including phenoxy) is 3. The van der Waals surface area contributed by atoms with Crippen molar-refractivity contribution in [2.75, 3.05) is 33.3 Å². The van der Waals surface area contributed by atoms with Crippen molar-refractivity contribution >= 4 is 17.0 Å². The zero-order valence-corrected chi connectivity index (χ0v) is 29.1. The molecule has 5 aromatic rings. The molecular weight excluding hydrogens is 660 g/mol. The Morgan fingerprint density at radius 3 is 2.54 bits per heavy atom. The van der Waals surface area contributed by atoms with E-state index in [9.17, 15) is 19.8 Å². The molecule has 4 aromatic carbocycles. The van der Waals surface area contributed by atoms with Gasteiger partial charge in [-0.15, -0.1) is 0 Å². The molecule has 0 unspecified atom stereocenters. The van der Waals surface area contributed by atoms with Gasteiger partial charge in [-0.3, -0.25) is 9.69 Å². The number of carbonyl (C=O) groups excluding carboxylic acids is 1. The average Bonchev–Trinajstić information content (AvgIpc) is 3.17. The predicted octanol–water partition coefficient (Wildman–Crippen LogP) is 5.55. The number of hydrogen-bond donors (Lipinski definition) is 5. The topological polar surface area (TPSA) is 145 Å². The van der Waals surface area contributed by atoms with Gasteiger partial charge in [-0.25, -0.2) is 4.79 Å². The zero-order valence-electron chi connectivity index (χ0n) is 29.1. The maximum atomic E-state index is 13.2. The number of fused-ring (bicyclic) bond motifs is 4. The Labute approximate surface area is 302 Å². The van der Waals surface area contributed by atoms with Gasteiger partial charge in [0.05, 0.1) is 24.8 Å². The number of carbonyl (C=O) groups is 1. The van der Waals surface area contributed by atoms with Crippen LogP contribution in [0.5, 0.6) is 17.2 Å². The number of rotatable bonds is 13. The molecule has 0 radical (unpaired) electrons. The highest BCUT2D eigenvalue weighted by atomic mass is 16.6. The molecule has 0 aliphatic carbocycles. The minimum Gasteiger partial charge on any atom is -0.506 e. The molecule has 3 atom stereocenters. The molecule has 5 N–H and O–H groups in total. The van der Waals surface area contributed by atoms with Crippen LogP contribution in [0.4, 0.5) is 4.79 Å². The Kier molecular flexibility index (Phi) is 10.7. The molecule has 3 aliphatic heterocycles. The van der Waals surface area contributed by atoms with Crippen LogP contribution in [0, 0.1) is 5.92 Å². The molecule has 1 aromatic heterocycles. The number of amides is 1. The van der Waals surface area contributed by atoms with Crippen LogP contribution in [0.1, 0.15) is 52.8 Å². The van der Waals surface area contributed by atoms with E-state index in [1.54, 1.807) is 19.2 Å². The molecule has 11 heteroatoms. The van der Waals surface area contributed by atoms with Crippen molar-refractivity contribution in [3.05, 3.63) is 135 Å². The van der Waals surface area contributed by atoms with E-state index < -0.39 is 18.2 Å². The van der Waals surface area contributed by atoms with Crippen molar-refractivity contribution in [3.8, 4) is 17.2 Å². The highest BCUT2D eigenvalue weighted by Crippen LogP contribution is 2.32. The predicted molar refractivity (Wildman–Crippen MR) is 198 cm³/mol. The number of aliphatic hydroxyl groups is 1. The summed E-state index contributed by atoms with van der Waals surface area (Å²) in [5.41, 5.74) is 4.20. The van der Waals surface area contributed by atoms with Crippen molar-refractivity contribution in [3.63, 3.8) is 0 Å². The highest BCUT2D eigenvalue weighted by Gasteiger charge is 2.37. The fraction of sp³-hybridized carbons (Fsp3) is 0.317. The van der Waals surface area contributed by atoms with Crippen molar-refractivity contribution in [1.29, 1.82) is 0 Å². The molecule has 11 nitrogen and oxygen atoms in total. The van der Waals surface area contributed by atoms with Crippen LogP contribution in [0.25, 0.3) is 10.9 Å². The number of pyridine rings is 1. The fourth-order valence-corrected chi connectivity index (χ4v) is 7.32. The zero-order chi connectivity index (χ0) is 36.0.